The van der Waals surface area contributed by atoms with Gasteiger partial charge in [0.2, 0.25) is 0 Å². The molecule has 1 saturated heterocycles. The molecule has 0 unspecified atom stereocenters. The maximum absolute atomic E-state index is 5.48. The summed E-state index contributed by atoms with van der Waals surface area (Å²) in [7, 11) is 1.67. The second-order valence-corrected chi connectivity index (χ2v) is 5.21. The van der Waals surface area contributed by atoms with Crippen molar-refractivity contribution in [3.63, 3.8) is 0 Å². The van der Waals surface area contributed by atoms with Crippen LogP contribution >= 0.6 is 12.2 Å². The molecule has 1 fully saturated rings. The molecule has 1 aromatic carbocycles. The molecule has 1 atom stereocenters. The van der Waals surface area contributed by atoms with Gasteiger partial charge in [0.05, 0.1) is 12.8 Å². The number of nitrogens with one attached hydrogen (secondary N) is 1. The highest BCUT2D eigenvalue weighted by atomic mass is 32.1. The van der Waals surface area contributed by atoms with Gasteiger partial charge in [-0.05, 0) is 43.1 Å². The lowest BCUT2D eigenvalue weighted by Crippen LogP contribution is -2.41. The average Bonchev–Trinajstić information content (AvgIpc) is 2.39. The first-order chi connectivity index (χ1) is 8.70. The number of nitrogens with zero attached hydrogens (tertiary/aromatic N) is 1. The molecule has 1 aliphatic rings. The Morgan fingerprint density at radius 3 is 2.94 bits per heavy atom. The van der Waals surface area contributed by atoms with E-state index in [-0.39, 0.29) is 0 Å². The second-order valence-electron chi connectivity index (χ2n) is 4.82. The predicted molar refractivity (Wildman–Crippen MR) is 79.2 cm³/mol. The van der Waals surface area contributed by atoms with E-state index in [9.17, 15) is 0 Å². The summed E-state index contributed by atoms with van der Waals surface area (Å²) in [5.41, 5.74) is 0.934. The fraction of sp³-hybridized carbons (Fsp3) is 0.500. The Kier molecular flexibility index (Phi) is 4.42. The van der Waals surface area contributed by atoms with E-state index < -0.39 is 0 Å². The van der Waals surface area contributed by atoms with E-state index in [1.807, 2.05) is 24.3 Å². The molecule has 3 nitrogen and oxygen atoms in total. The molecule has 1 aliphatic heterocycles. The molecule has 18 heavy (non-hydrogen) atoms. The molecule has 98 valence electrons. The van der Waals surface area contributed by atoms with E-state index in [2.05, 4.69) is 17.1 Å². The number of benzene rings is 1. The first-order valence-corrected chi connectivity index (χ1v) is 6.80. The van der Waals surface area contributed by atoms with Crippen LogP contribution in [0, 0.1) is 5.92 Å². The van der Waals surface area contributed by atoms with Crippen molar-refractivity contribution in [1.29, 1.82) is 0 Å². The summed E-state index contributed by atoms with van der Waals surface area (Å²) in [5.74, 6) is 1.54. The molecule has 1 heterocycles. The van der Waals surface area contributed by atoms with Gasteiger partial charge in [-0.1, -0.05) is 19.1 Å². The highest BCUT2D eigenvalue weighted by Crippen LogP contribution is 2.24. The molecule has 0 radical (unpaired) electrons. The van der Waals surface area contributed by atoms with Gasteiger partial charge in [0.25, 0.3) is 0 Å². The summed E-state index contributed by atoms with van der Waals surface area (Å²) >= 11 is 5.48. The van der Waals surface area contributed by atoms with Gasteiger partial charge in [0.1, 0.15) is 5.75 Å². The van der Waals surface area contributed by atoms with Crippen molar-refractivity contribution in [3.8, 4) is 5.75 Å². The van der Waals surface area contributed by atoms with E-state index in [1.54, 1.807) is 7.11 Å². The Bertz CT molecular complexity index is 422. The molecule has 0 aliphatic carbocycles. The Morgan fingerprint density at radius 1 is 1.44 bits per heavy atom. The van der Waals surface area contributed by atoms with Gasteiger partial charge in [0.15, 0.2) is 5.11 Å². The van der Waals surface area contributed by atoms with Crippen LogP contribution in [-0.2, 0) is 0 Å². The van der Waals surface area contributed by atoms with Gasteiger partial charge in [-0.15, -0.1) is 0 Å². The Hall–Kier alpha value is -1.29. The van der Waals surface area contributed by atoms with Crippen LogP contribution in [0.1, 0.15) is 19.8 Å². The predicted octanol–water partition coefficient (Wildman–Crippen LogP) is 3.12. The van der Waals surface area contributed by atoms with Gasteiger partial charge < -0.3 is 15.0 Å². The van der Waals surface area contributed by atoms with Crippen LogP contribution in [0.15, 0.2) is 24.3 Å². The fourth-order valence-corrected chi connectivity index (χ4v) is 2.59. The first kappa shape index (κ1) is 13.1. The molecule has 0 amide bonds. The van der Waals surface area contributed by atoms with Crippen molar-refractivity contribution in [2.24, 2.45) is 5.92 Å². The maximum atomic E-state index is 5.48. The van der Waals surface area contributed by atoms with Gasteiger partial charge in [-0.3, -0.25) is 0 Å². The van der Waals surface area contributed by atoms with Gasteiger partial charge in [-0.2, -0.15) is 0 Å². The monoisotopic (exact) mass is 264 g/mol. The third-order valence-electron chi connectivity index (χ3n) is 3.29. The van der Waals surface area contributed by atoms with E-state index in [0.29, 0.717) is 0 Å². The molecule has 0 aromatic heterocycles. The third kappa shape index (κ3) is 3.13. The SMILES string of the molecule is COc1ccccc1NC(=S)N1CCC[C@@H](C)C1. The minimum Gasteiger partial charge on any atom is -0.495 e. The van der Waals surface area contributed by atoms with E-state index in [0.717, 1.165) is 35.6 Å². The molecule has 0 bridgehead atoms. The zero-order chi connectivity index (χ0) is 13.0. The molecular weight excluding hydrogens is 244 g/mol. The number of anilines is 1. The number of hydrogen-bond acceptors (Lipinski definition) is 2. The van der Waals surface area contributed by atoms with Gasteiger partial charge >= 0.3 is 0 Å². The Labute approximate surface area is 114 Å². The topological polar surface area (TPSA) is 24.5 Å². The van der Waals surface area contributed by atoms with Crippen LogP contribution in [0.5, 0.6) is 5.75 Å². The molecule has 2 rings (SSSR count). The molecular formula is C14H20N2OS. The minimum atomic E-state index is 0.719. The van der Waals surface area contributed by atoms with Crippen LogP contribution in [0.3, 0.4) is 0 Å². The van der Waals surface area contributed by atoms with Crippen molar-refractivity contribution in [2.45, 2.75) is 19.8 Å². The van der Waals surface area contributed by atoms with Gasteiger partial charge in [0, 0.05) is 13.1 Å². The first-order valence-electron chi connectivity index (χ1n) is 6.39. The lowest BCUT2D eigenvalue weighted by molar-refractivity contribution is 0.276. The van der Waals surface area contributed by atoms with E-state index in [4.69, 9.17) is 17.0 Å². The summed E-state index contributed by atoms with van der Waals surface area (Å²) in [6.45, 7) is 4.37. The molecule has 1 N–H and O–H groups in total. The highest BCUT2D eigenvalue weighted by molar-refractivity contribution is 7.80. The van der Waals surface area contributed by atoms with Crippen LogP contribution in [-0.4, -0.2) is 30.2 Å². The summed E-state index contributed by atoms with van der Waals surface area (Å²) < 4.78 is 5.31. The van der Waals surface area contributed by atoms with Crippen molar-refractivity contribution in [2.75, 3.05) is 25.5 Å². The lowest BCUT2D eigenvalue weighted by Gasteiger charge is -2.33. The molecule has 0 spiro atoms. The number of methoxy groups -OCH3 is 1. The summed E-state index contributed by atoms with van der Waals surface area (Å²) in [5, 5.41) is 4.08. The number of thiocarbonyl (C=S) groups is 1. The van der Waals surface area contributed by atoms with Crippen LogP contribution in [0.25, 0.3) is 0 Å². The maximum Gasteiger partial charge on any atom is 0.173 e. The Morgan fingerprint density at radius 2 is 2.22 bits per heavy atom. The number of rotatable bonds is 2. The average molecular weight is 264 g/mol. The van der Waals surface area contributed by atoms with Crippen LogP contribution in [0.2, 0.25) is 0 Å². The van der Waals surface area contributed by atoms with Crippen molar-refractivity contribution in [3.05, 3.63) is 24.3 Å². The second kappa shape index (κ2) is 6.05. The molecule has 1 aromatic rings. The third-order valence-corrected chi connectivity index (χ3v) is 3.65. The molecule has 0 saturated carbocycles. The zero-order valence-corrected chi connectivity index (χ0v) is 11.8. The van der Waals surface area contributed by atoms with Gasteiger partial charge in [-0.25, -0.2) is 0 Å². The van der Waals surface area contributed by atoms with E-state index in [1.165, 1.54) is 12.8 Å². The summed E-state index contributed by atoms with van der Waals surface area (Å²) in [6.07, 6.45) is 2.52. The Balaban J connectivity index is 2.02. The lowest BCUT2D eigenvalue weighted by atomic mass is 10.0. The van der Waals surface area contributed by atoms with Crippen molar-refractivity contribution < 1.29 is 4.74 Å². The number of ether oxygens (including phenoxy) is 1. The smallest absolute Gasteiger partial charge is 0.173 e. The van der Waals surface area contributed by atoms with Crippen LogP contribution < -0.4 is 10.1 Å². The normalized spacial score (nSPS) is 19.4. The van der Waals surface area contributed by atoms with Crippen molar-refractivity contribution in [1.82, 2.24) is 4.90 Å². The number of piperidine rings is 1. The fourth-order valence-electron chi connectivity index (χ4n) is 2.32. The number of likely N-dealkylation sites (tertiary alicyclic amines) is 1. The number of hydrogen-bond donors (Lipinski definition) is 1. The summed E-state index contributed by atoms with van der Waals surface area (Å²) in [6, 6.07) is 7.85. The van der Waals surface area contributed by atoms with Crippen LogP contribution in [0.4, 0.5) is 5.69 Å². The van der Waals surface area contributed by atoms with Crippen molar-refractivity contribution >= 4 is 23.0 Å². The zero-order valence-electron chi connectivity index (χ0n) is 11.0. The highest BCUT2D eigenvalue weighted by Gasteiger charge is 2.18. The molecule has 4 heteroatoms. The largest absolute Gasteiger partial charge is 0.495 e. The summed E-state index contributed by atoms with van der Waals surface area (Å²) in [4.78, 5) is 2.25. The standard InChI is InChI=1S/C14H20N2OS/c1-11-6-5-9-16(10-11)14(18)15-12-7-3-4-8-13(12)17-2/h3-4,7-8,11H,5-6,9-10H2,1-2H3,(H,15,18)/t11-/m1/s1. The van der Waals surface area contributed by atoms with E-state index >= 15 is 0 Å². The minimum absolute atomic E-state index is 0.719. The quantitative estimate of drug-likeness (QED) is 0.830. The number of para-hydroxylation sites is 2.